The first-order chi connectivity index (χ1) is 8.33. The van der Waals surface area contributed by atoms with E-state index in [0.717, 1.165) is 25.7 Å². The number of sulfonamides is 1. The van der Waals surface area contributed by atoms with Gasteiger partial charge >= 0.3 is 0 Å². The maximum atomic E-state index is 12.4. The average molecular weight is 277 g/mol. The van der Waals surface area contributed by atoms with Crippen LogP contribution in [0, 0.1) is 5.92 Å². The molecule has 0 radical (unpaired) electrons. The summed E-state index contributed by atoms with van der Waals surface area (Å²) in [5.74, 6) is 0.356. The van der Waals surface area contributed by atoms with Gasteiger partial charge in [0.2, 0.25) is 10.0 Å². The first-order valence-electron chi connectivity index (χ1n) is 7.00. The van der Waals surface area contributed by atoms with E-state index in [9.17, 15) is 13.5 Å². The molecule has 108 valence electrons. The molecule has 0 aromatic carbocycles. The second-order valence-corrected chi connectivity index (χ2v) is 7.84. The van der Waals surface area contributed by atoms with Crippen LogP contribution in [0.3, 0.4) is 0 Å². The zero-order chi connectivity index (χ0) is 13.8. The van der Waals surface area contributed by atoms with Crippen molar-refractivity contribution in [1.29, 1.82) is 0 Å². The Morgan fingerprint density at radius 1 is 1.22 bits per heavy atom. The van der Waals surface area contributed by atoms with Crippen LogP contribution in [-0.2, 0) is 10.0 Å². The van der Waals surface area contributed by atoms with Gasteiger partial charge in [0.05, 0.1) is 11.9 Å². The number of rotatable bonds is 5. The van der Waals surface area contributed by atoms with Crippen LogP contribution in [0.25, 0.3) is 0 Å². The Bertz CT molecular complexity index is 338. The SMILES string of the molecule is CC(C)CS(=O)(=O)N1CCCCCC1CC(C)O. The van der Waals surface area contributed by atoms with E-state index in [1.807, 2.05) is 13.8 Å². The molecule has 0 bridgehead atoms. The van der Waals surface area contributed by atoms with Crippen molar-refractivity contribution in [3.8, 4) is 0 Å². The lowest BCUT2D eigenvalue weighted by molar-refractivity contribution is 0.147. The molecule has 2 atom stereocenters. The Balaban J connectivity index is 2.84. The summed E-state index contributed by atoms with van der Waals surface area (Å²) in [6, 6.07) is -0.0174. The maximum Gasteiger partial charge on any atom is 0.214 e. The number of aliphatic hydroxyl groups is 1. The Morgan fingerprint density at radius 3 is 2.44 bits per heavy atom. The van der Waals surface area contributed by atoms with E-state index in [1.54, 1.807) is 11.2 Å². The molecule has 1 saturated heterocycles. The molecule has 0 saturated carbocycles. The molecule has 1 rings (SSSR count). The van der Waals surface area contributed by atoms with Gasteiger partial charge in [-0.3, -0.25) is 0 Å². The topological polar surface area (TPSA) is 57.6 Å². The van der Waals surface area contributed by atoms with Crippen LogP contribution in [0.4, 0.5) is 0 Å². The van der Waals surface area contributed by atoms with E-state index in [2.05, 4.69) is 0 Å². The Hall–Kier alpha value is -0.130. The molecule has 1 aliphatic heterocycles. The number of nitrogens with zero attached hydrogens (tertiary/aromatic N) is 1. The molecule has 1 aliphatic rings. The summed E-state index contributed by atoms with van der Waals surface area (Å²) in [6.07, 6.45) is 4.08. The van der Waals surface area contributed by atoms with Crippen molar-refractivity contribution in [2.75, 3.05) is 12.3 Å². The summed E-state index contributed by atoms with van der Waals surface area (Å²) in [6.45, 7) is 6.21. The zero-order valence-corrected chi connectivity index (χ0v) is 12.6. The highest BCUT2D eigenvalue weighted by Crippen LogP contribution is 2.24. The third-order valence-electron chi connectivity index (χ3n) is 3.34. The lowest BCUT2D eigenvalue weighted by atomic mass is 10.1. The van der Waals surface area contributed by atoms with Gasteiger partial charge in [-0.1, -0.05) is 26.7 Å². The van der Waals surface area contributed by atoms with Crippen molar-refractivity contribution < 1.29 is 13.5 Å². The summed E-state index contributed by atoms with van der Waals surface area (Å²) in [7, 11) is -3.18. The van der Waals surface area contributed by atoms with Crippen molar-refractivity contribution in [2.45, 2.75) is 65.0 Å². The van der Waals surface area contributed by atoms with Crippen LogP contribution >= 0.6 is 0 Å². The van der Waals surface area contributed by atoms with Crippen LogP contribution in [-0.4, -0.2) is 42.3 Å². The summed E-state index contributed by atoms with van der Waals surface area (Å²) in [4.78, 5) is 0. The van der Waals surface area contributed by atoms with Gasteiger partial charge in [0.25, 0.3) is 0 Å². The van der Waals surface area contributed by atoms with Gasteiger partial charge in [-0.2, -0.15) is 4.31 Å². The fourth-order valence-corrected chi connectivity index (χ4v) is 4.75. The van der Waals surface area contributed by atoms with Crippen LogP contribution < -0.4 is 0 Å². The number of aliphatic hydroxyl groups excluding tert-OH is 1. The van der Waals surface area contributed by atoms with E-state index >= 15 is 0 Å². The largest absolute Gasteiger partial charge is 0.393 e. The summed E-state index contributed by atoms with van der Waals surface area (Å²) < 4.78 is 26.4. The Labute approximate surface area is 111 Å². The molecule has 5 heteroatoms. The van der Waals surface area contributed by atoms with Crippen molar-refractivity contribution in [3.63, 3.8) is 0 Å². The molecule has 2 unspecified atom stereocenters. The lowest BCUT2D eigenvalue weighted by Gasteiger charge is -2.30. The zero-order valence-electron chi connectivity index (χ0n) is 11.8. The Kier molecular flexibility index (Phi) is 6.08. The number of hydrogen-bond donors (Lipinski definition) is 1. The highest BCUT2D eigenvalue weighted by Gasteiger charge is 2.31. The second kappa shape index (κ2) is 6.87. The molecule has 0 aromatic heterocycles. The van der Waals surface area contributed by atoms with Gasteiger partial charge < -0.3 is 5.11 Å². The lowest BCUT2D eigenvalue weighted by Crippen LogP contribution is -2.43. The maximum absolute atomic E-state index is 12.4. The van der Waals surface area contributed by atoms with Crippen molar-refractivity contribution >= 4 is 10.0 Å². The first kappa shape index (κ1) is 15.9. The van der Waals surface area contributed by atoms with Gasteiger partial charge in [0.15, 0.2) is 0 Å². The Morgan fingerprint density at radius 2 is 1.89 bits per heavy atom. The second-order valence-electron chi connectivity index (χ2n) is 5.87. The summed E-state index contributed by atoms with van der Waals surface area (Å²) in [5, 5.41) is 9.54. The molecule has 0 aromatic rings. The smallest absolute Gasteiger partial charge is 0.214 e. The highest BCUT2D eigenvalue weighted by atomic mass is 32.2. The minimum Gasteiger partial charge on any atom is -0.393 e. The number of hydrogen-bond acceptors (Lipinski definition) is 3. The predicted molar refractivity (Wildman–Crippen MR) is 73.9 cm³/mol. The molecule has 0 aliphatic carbocycles. The summed E-state index contributed by atoms with van der Waals surface area (Å²) in [5.41, 5.74) is 0. The quantitative estimate of drug-likeness (QED) is 0.836. The minimum absolute atomic E-state index is 0.0174. The third kappa shape index (κ3) is 4.86. The van der Waals surface area contributed by atoms with Gasteiger partial charge in [-0.15, -0.1) is 0 Å². The van der Waals surface area contributed by atoms with E-state index in [1.165, 1.54) is 0 Å². The van der Waals surface area contributed by atoms with Gasteiger partial charge in [0, 0.05) is 12.6 Å². The molecule has 0 amide bonds. The van der Waals surface area contributed by atoms with Crippen molar-refractivity contribution in [2.24, 2.45) is 5.92 Å². The third-order valence-corrected chi connectivity index (χ3v) is 5.62. The standard InChI is InChI=1S/C13H27NO3S/c1-11(2)10-18(16,17)14-8-6-4-5-7-13(14)9-12(3)15/h11-13,15H,4-10H2,1-3H3. The molecule has 0 spiro atoms. The fraction of sp³-hybridized carbons (Fsp3) is 1.00. The van der Waals surface area contributed by atoms with Gasteiger partial charge in [-0.25, -0.2) is 8.42 Å². The fourth-order valence-electron chi connectivity index (χ4n) is 2.66. The monoisotopic (exact) mass is 277 g/mol. The first-order valence-corrected chi connectivity index (χ1v) is 8.61. The predicted octanol–water partition coefficient (Wildman–Crippen LogP) is 1.99. The molecular weight excluding hydrogens is 250 g/mol. The van der Waals surface area contributed by atoms with Crippen LogP contribution in [0.15, 0.2) is 0 Å². The molecule has 1 heterocycles. The molecular formula is C13H27NO3S. The molecule has 4 nitrogen and oxygen atoms in total. The van der Waals surface area contributed by atoms with E-state index in [4.69, 9.17) is 0 Å². The van der Waals surface area contributed by atoms with Crippen LogP contribution in [0.2, 0.25) is 0 Å². The van der Waals surface area contributed by atoms with Gasteiger partial charge in [0.1, 0.15) is 0 Å². The van der Waals surface area contributed by atoms with E-state index in [0.29, 0.717) is 13.0 Å². The van der Waals surface area contributed by atoms with Gasteiger partial charge in [-0.05, 0) is 32.1 Å². The average Bonchev–Trinajstić information content (AvgIpc) is 2.40. The molecule has 1 N–H and O–H groups in total. The van der Waals surface area contributed by atoms with Crippen molar-refractivity contribution in [1.82, 2.24) is 4.31 Å². The van der Waals surface area contributed by atoms with Crippen molar-refractivity contribution in [3.05, 3.63) is 0 Å². The molecule has 18 heavy (non-hydrogen) atoms. The van der Waals surface area contributed by atoms with E-state index < -0.39 is 16.1 Å². The highest BCUT2D eigenvalue weighted by molar-refractivity contribution is 7.89. The summed E-state index contributed by atoms with van der Waals surface area (Å²) >= 11 is 0. The van der Waals surface area contributed by atoms with E-state index in [-0.39, 0.29) is 17.7 Å². The molecule has 1 fully saturated rings. The normalized spacial score (nSPS) is 25.1. The van der Waals surface area contributed by atoms with Crippen LogP contribution in [0.5, 0.6) is 0 Å². The van der Waals surface area contributed by atoms with Crippen LogP contribution in [0.1, 0.15) is 52.9 Å². The minimum atomic E-state index is -3.18.